The number of benzene rings is 1. The van der Waals surface area contributed by atoms with Gasteiger partial charge in [0.2, 0.25) is 11.8 Å². The van der Waals surface area contributed by atoms with Gasteiger partial charge >= 0.3 is 5.97 Å². The van der Waals surface area contributed by atoms with Crippen LogP contribution in [-0.4, -0.2) is 36.5 Å². The molecule has 0 spiro atoms. The molecule has 7 nitrogen and oxygen atoms in total. The number of carboxylic acid groups (broad SMARTS) is 1. The summed E-state index contributed by atoms with van der Waals surface area (Å²) in [6.45, 7) is -0.446. The van der Waals surface area contributed by atoms with Crippen LogP contribution in [0, 0.1) is 0 Å². The molecule has 1 aromatic rings. The van der Waals surface area contributed by atoms with Gasteiger partial charge in [-0.25, -0.2) is 0 Å². The van der Waals surface area contributed by atoms with E-state index in [4.69, 9.17) is 9.84 Å². The molecule has 0 bridgehead atoms. The predicted octanol–water partition coefficient (Wildman–Crippen LogP) is 0.615. The second kappa shape index (κ2) is 7.78. The van der Waals surface area contributed by atoms with Gasteiger partial charge in [0.25, 0.3) is 0 Å². The first kappa shape index (κ1) is 15.5. The lowest BCUT2D eigenvalue weighted by Gasteiger charge is -2.06. The van der Waals surface area contributed by atoms with Crippen molar-refractivity contribution in [1.82, 2.24) is 5.32 Å². The van der Waals surface area contributed by atoms with E-state index in [0.717, 1.165) is 0 Å². The Bertz CT molecular complexity index is 484. The maximum Gasteiger partial charge on any atom is 0.322 e. The molecule has 0 saturated heterocycles. The molecule has 0 aliphatic rings. The van der Waals surface area contributed by atoms with Gasteiger partial charge in [-0.3, -0.25) is 14.4 Å². The van der Waals surface area contributed by atoms with E-state index in [2.05, 4.69) is 10.6 Å². The first-order chi connectivity index (χ1) is 9.51. The van der Waals surface area contributed by atoms with Crippen LogP contribution in [0.1, 0.15) is 12.8 Å². The summed E-state index contributed by atoms with van der Waals surface area (Å²) >= 11 is 0. The summed E-state index contributed by atoms with van der Waals surface area (Å²) in [6, 6.07) is 6.77. The van der Waals surface area contributed by atoms with Crippen LogP contribution >= 0.6 is 0 Å². The second-order valence-corrected chi connectivity index (χ2v) is 3.95. The van der Waals surface area contributed by atoms with E-state index in [0.29, 0.717) is 11.4 Å². The van der Waals surface area contributed by atoms with Crippen LogP contribution in [0.4, 0.5) is 5.69 Å². The summed E-state index contributed by atoms with van der Waals surface area (Å²) in [5.41, 5.74) is 0.599. The van der Waals surface area contributed by atoms with Gasteiger partial charge in [0, 0.05) is 18.5 Å². The molecule has 2 amide bonds. The Balaban J connectivity index is 2.32. The maximum atomic E-state index is 11.6. The number of nitrogens with one attached hydrogen (secondary N) is 2. The Morgan fingerprint density at radius 2 is 1.70 bits per heavy atom. The highest BCUT2D eigenvalue weighted by Gasteiger charge is 2.08. The lowest BCUT2D eigenvalue weighted by Crippen LogP contribution is -2.29. The number of ether oxygens (including phenoxy) is 1. The van der Waals surface area contributed by atoms with Gasteiger partial charge in [-0.15, -0.1) is 0 Å². The van der Waals surface area contributed by atoms with Gasteiger partial charge in [0.15, 0.2) is 0 Å². The van der Waals surface area contributed by atoms with E-state index in [1.165, 1.54) is 0 Å². The SMILES string of the molecule is COc1ccc(NC(=O)CCC(=O)NCC(=O)O)cc1. The topological polar surface area (TPSA) is 105 Å². The first-order valence-electron chi connectivity index (χ1n) is 5.93. The summed E-state index contributed by atoms with van der Waals surface area (Å²) in [5.74, 6) is -1.24. The van der Waals surface area contributed by atoms with Gasteiger partial charge in [-0.1, -0.05) is 0 Å². The molecule has 0 fully saturated rings. The number of carbonyl (C=O) groups is 3. The first-order valence-corrected chi connectivity index (χ1v) is 5.93. The largest absolute Gasteiger partial charge is 0.497 e. The van der Waals surface area contributed by atoms with Crippen LogP contribution in [0.5, 0.6) is 5.75 Å². The number of hydrogen-bond donors (Lipinski definition) is 3. The van der Waals surface area contributed by atoms with Crippen molar-refractivity contribution in [2.75, 3.05) is 19.0 Å². The van der Waals surface area contributed by atoms with Gasteiger partial charge < -0.3 is 20.5 Å². The molecule has 0 heterocycles. The highest BCUT2D eigenvalue weighted by Crippen LogP contribution is 2.15. The van der Waals surface area contributed by atoms with E-state index >= 15 is 0 Å². The van der Waals surface area contributed by atoms with Crippen molar-refractivity contribution < 1.29 is 24.2 Å². The fraction of sp³-hybridized carbons (Fsp3) is 0.308. The number of amides is 2. The number of anilines is 1. The minimum absolute atomic E-state index is 0.0164. The van der Waals surface area contributed by atoms with Gasteiger partial charge in [-0.2, -0.15) is 0 Å². The minimum atomic E-state index is -1.12. The molecule has 3 N–H and O–H groups in total. The van der Waals surface area contributed by atoms with Gasteiger partial charge in [0.05, 0.1) is 7.11 Å². The van der Waals surface area contributed by atoms with Crippen LogP contribution in [0.15, 0.2) is 24.3 Å². The molecule has 0 aromatic heterocycles. The molecular weight excluding hydrogens is 264 g/mol. The molecule has 0 aliphatic heterocycles. The Hall–Kier alpha value is -2.57. The number of rotatable bonds is 7. The zero-order chi connectivity index (χ0) is 15.0. The molecule has 20 heavy (non-hydrogen) atoms. The third-order valence-electron chi connectivity index (χ3n) is 2.39. The van der Waals surface area contributed by atoms with E-state index < -0.39 is 18.4 Å². The average Bonchev–Trinajstić information content (AvgIpc) is 2.43. The number of carboxylic acids is 1. The number of methoxy groups -OCH3 is 1. The summed E-state index contributed by atoms with van der Waals surface area (Å²) in [4.78, 5) is 33.0. The number of carbonyl (C=O) groups excluding carboxylic acids is 2. The molecule has 0 unspecified atom stereocenters. The monoisotopic (exact) mass is 280 g/mol. The maximum absolute atomic E-state index is 11.6. The van der Waals surface area contributed by atoms with Crippen LogP contribution in [-0.2, 0) is 14.4 Å². The number of aliphatic carboxylic acids is 1. The summed E-state index contributed by atoms with van der Waals surface area (Å²) in [7, 11) is 1.54. The fourth-order valence-corrected chi connectivity index (χ4v) is 1.39. The molecular formula is C13H16N2O5. The highest BCUT2D eigenvalue weighted by molar-refractivity contribution is 5.93. The van der Waals surface area contributed by atoms with Crippen LogP contribution in [0.3, 0.4) is 0 Å². The Morgan fingerprint density at radius 3 is 2.25 bits per heavy atom. The Morgan fingerprint density at radius 1 is 1.10 bits per heavy atom. The Kier molecular flexibility index (Phi) is 6.02. The molecule has 1 aromatic carbocycles. The molecule has 0 radical (unpaired) electrons. The van der Waals surface area contributed by atoms with E-state index in [1.807, 2.05) is 0 Å². The van der Waals surface area contributed by atoms with Crippen molar-refractivity contribution >= 4 is 23.5 Å². The van der Waals surface area contributed by atoms with Crippen LogP contribution in [0.25, 0.3) is 0 Å². The Labute approximate surface area is 115 Å². The quantitative estimate of drug-likeness (QED) is 0.679. The van der Waals surface area contributed by atoms with Crippen molar-refractivity contribution in [2.24, 2.45) is 0 Å². The lowest BCUT2D eigenvalue weighted by atomic mass is 10.2. The van der Waals surface area contributed by atoms with Crippen molar-refractivity contribution in [2.45, 2.75) is 12.8 Å². The minimum Gasteiger partial charge on any atom is -0.497 e. The number of hydrogen-bond acceptors (Lipinski definition) is 4. The van der Waals surface area contributed by atoms with Gasteiger partial charge in [-0.05, 0) is 24.3 Å². The second-order valence-electron chi connectivity index (χ2n) is 3.95. The van der Waals surface area contributed by atoms with E-state index in [-0.39, 0.29) is 18.7 Å². The standard InChI is InChI=1S/C13H16N2O5/c1-20-10-4-2-9(3-5-10)15-12(17)7-6-11(16)14-8-13(18)19/h2-5H,6-8H2,1H3,(H,14,16)(H,15,17)(H,18,19). The van der Waals surface area contributed by atoms with E-state index in [1.54, 1.807) is 31.4 Å². The normalized spacial score (nSPS) is 9.65. The molecule has 0 aliphatic carbocycles. The highest BCUT2D eigenvalue weighted by atomic mass is 16.5. The van der Waals surface area contributed by atoms with Crippen molar-refractivity contribution in [3.8, 4) is 5.75 Å². The summed E-state index contributed by atoms with van der Waals surface area (Å²) < 4.78 is 4.99. The fourth-order valence-electron chi connectivity index (χ4n) is 1.39. The average molecular weight is 280 g/mol. The third kappa shape index (κ3) is 5.85. The van der Waals surface area contributed by atoms with Crippen molar-refractivity contribution in [3.63, 3.8) is 0 Å². The summed E-state index contributed by atoms with van der Waals surface area (Å²) in [6.07, 6.45) is -0.0766. The zero-order valence-electron chi connectivity index (χ0n) is 11.0. The smallest absolute Gasteiger partial charge is 0.322 e. The summed E-state index contributed by atoms with van der Waals surface area (Å²) in [5, 5.41) is 13.2. The van der Waals surface area contributed by atoms with Gasteiger partial charge in [0.1, 0.15) is 12.3 Å². The molecule has 0 saturated carbocycles. The lowest BCUT2D eigenvalue weighted by molar-refractivity contribution is -0.138. The predicted molar refractivity (Wildman–Crippen MR) is 71.5 cm³/mol. The molecule has 7 heteroatoms. The van der Waals surface area contributed by atoms with Crippen molar-refractivity contribution in [1.29, 1.82) is 0 Å². The van der Waals surface area contributed by atoms with E-state index in [9.17, 15) is 14.4 Å². The van der Waals surface area contributed by atoms with Crippen LogP contribution in [0.2, 0.25) is 0 Å². The third-order valence-corrected chi connectivity index (χ3v) is 2.39. The van der Waals surface area contributed by atoms with Crippen LogP contribution < -0.4 is 15.4 Å². The molecule has 1 rings (SSSR count). The molecule has 0 atom stereocenters. The molecule has 108 valence electrons. The zero-order valence-corrected chi connectivity index (χ0v) is 11.0. The van der Waals surface area contributed by atoms with Crippen molar-refractivity contribution in [3.05, 3.63) is 24.3 Å².